The van der Waals surface area contributed by atoms with E-state index >= 15 is 0 Å². The van der Waals surface area contributed by atoms with Gasteiger partial charge in [-0.2, -0.15) is 0 Å². The van der Waals surface area contributed by atoms with Crippen molar-refractivity contribution in [3.8, 4) is 0 Å². The largest absolute Gasteiger partial charge is 0.445 e. The molecule has 0 saturated carbocycles. The summed E-state index contributed by atoms with van der Waals surface area (Å²) in [6.07, 6.45) is 2.74. The van der Waals surface area contributed by atoms with Crippen molar-refractivity contribution in [3.05, 3.63) is 48.6 Å². The Bertz CT molecular complexity index is 536. The fraction of sp³-hybridized carbons (Fsp3) is 0.474. The minimum absolute atomic E-state index is 0.0777. The Kier molecular flexibility index (Phi) is 7.65. The molecule has 1 N–H and O–H groups in total. The monoisotopic (exact) mass is 333 g/mol. The quantitative estimate of drug-likeness (QED) is 0.553. The normalized spacial score (nSPS) is 13.6. The predicted octanol–water partition coefficient (Wildman–Crippen LogP) is 3.63. The second-order valence-electron chi connectivity index (χ2n) is 6.69. The lowest BCUT2D eigenvalue weighted by Gasteiger charge is -2.32. The molecule has 1 rings (SSSR count). The van der Waals surface area contributed by atoms with Gasteiger partial charge < -0.3 is 19.6 Å². The van der Waals surface area contributed by atoms with Crippen molar-refractivity contribution < 1.29 is 19.1 Å². The van der Waals surface area contributed by atoms with Crippen LogP contribution in [0.1, 0.15) is 39.2 Å². The molecule has 0 spiro atoms. The van der Waals surface area contributed by atoms with Crippen molar-refractivity contribution >= 4 is 12.4 Å². The number of carbonyl (C=O) groups excluding carboxylic acids is 2. The highest BCUT2D eigenvalue weighted by Crippen LogP contribution is 2.17. The van der Waals surface area contributed by atoms with Gasteiger partial charge in [0.1, 0.15) is 18.4 Å². The number of nitrogens with one attached hydrogen (secondary N) is 1. The summed E-state index contributed by atoms with van der Waals surface area (Å²) in [4.78, 5) is 23.8. The zero-order valence-corrected chi connectivity index (χ0v) is 14.7. The molecule has 0 radical (unpaired) electrons. The molecule has 0 aliphatic heterocycles. The van der Waals surface area contributed by atoms with Gasteiger partial charge in [-0.05, 0) is 39.2 Å². The Hall–Kier alpha value is -2.14. The molecular formula is C19H27NO4. The van der Waals surface area contributed by atoms with Crippen LogP contribution in [-0.2, 0) is 20.9 Å². The van der Waals surface area contributed by atoms with Crippen LogP contribution in [0.25, 0.3) is 0 Å². The average molecular weight is 333 g/mol. The Morgan fingerprint density at radius 3 is 2.46 bits per heavy atom. The van der Waals surface area contributed by atoms with E-state index in [9.17, 15) is 9.59 Å². The maximum Gasteiger partial charge on any atom is 0.408 e. The second-order valence-corrected chi connectivity index (χ2v) is 6.69. The van der Waals surface area contributed by atoms with Crippen molar-refractivity contribution in [2.75, 3.05) is 6.61 Å². The van der Waals surface area contributed by atoms with Gasteiger partial charge in [0, 0.05) is 0 Å². The number of allylic oxidation sites excluding steroid dienone is 1. The van der Waals surface area contributed by atoms with Gasteiger partial charge in [0.05, 0.1) is 12.2 Å². The molecular weight excluding hydrogens is 306 g/mol. The summed E-state index contributed by atoms with van der Waals surface area (Å²) in [7, 11) is 0. The molecule has 0 heterocycles. The Labute approximate surface area is 144 Å². The summed E-state index contributed by atoms with van der Waals surface area (Å²) in [6, 6.07) is 9.35. The molecule has 0 saturated heterocycles. The van der Waals surface area contributed by atoms with Crippen LogP contribution < -0.4 is 5.32 Å². The molecule has 24 heavy (non-hydrogen) atoms. The van der Waals surface area contributed by atoms with Gasteiger partial charge in [0.25, 0.3) is 0 Å². The average Bonchev–Trinajstić information content (AvgIpc) is 2.56. The summed E-state index contributed by atoms with van der Waals surface area (Å²) in [5.74, 6) is 0. The molecule has 1 aromatic rings. The molecule has 0 aliphatic rings. The van der Waals surface area contributed by atoms with Gasteiger partial charge in [-0.15, -0.1) is 6.58 Å². The van der Waals surface area contributed by atoms with Crippen LogP contribution in [0.5, 0.6) is 0 Å². The lowest BCUT2D eigenvalue weighted by Crippen LogP contribution is -2.54. The minimum atomic E-state index is -1.13. The molecule has 132 valence electrons. The number of hydrogen-bond acceptors (Lipinski definition) is 4. The maximum absolute atomic E-state index is 12.1. The number of carbonyl (C=O) groups is 2. The lowest BCUT2D eigenvalue weighted by atomic mass is 9.95. The topological polar surface area (TPSA) is 64.6 Å². The highest BCUT2D eigenvalue weighted by molar-refractivity contribution is 5.76. The van der Waals surface area contributed by atoms with E-state index in [1.807, 2.05) is 51.1 Å². The second kappa shape index (κ2) is 9.23. The van der Waals surface area contributed by atoms with E-state index in [4.69, 9.17) is 9.47 Å². The first-order chi connectivity index (χ1) is 11.3. The number of alkyl carbamates (subject to hydrolysis) is 1. The third-order valence-corrected chi connectivity index (χ3v) is 3.35. The van der Waals surface area contributed by atoms with Crippen molar-refractivity contribution in [2.24, 2.45) is 0 Å². The number of amides is 1. The van der Waals surface area contributed by atoms with Crippen molar-refractivity contribution in [3.63, 3.8) is 0 Å². The fourth-order valence-corrected chi connectivity index (χ4v) is 1.96. The predicted molar refractivity (Wildman–Crippen MR) is 93.7 cm³/mol. The first-order valence-corrected chi connectivity index (χ1v) is 8.00. The molecule has 1 atom stereocenters. The van der Waals surface area contributed by atoms with Crippen molar-refractivity contribution in [1.82, 2.24) is 5.32 Å². The van der Waals surface area contributed by atoms with E-state index in [2.05, 4.69) is 11.9 Å². The SMILES string of the molecule is C=CCCC(C=O)(COC(C)(C)C)NC(=O)OCc1ccccc1. The summed E-state index contributed by atoms with van der Waals surface area (Å²) < 4.78 is 10.9. The third kappa shape index (κ3) is 7.42. The van der Waals surface area contributed by atoms with E-state index in [-0.39, 0.29) is 13.2 Å². The molecule has 0 aromatic heterocycles. The van der Waals surface area contributed by atoms with E-state index in [0.717, 1.165) is 5.56 Å². The van der Waals surface area contributed by atoms with Gasteiger partial charge in [0.2, 0.25) is 0 Å². The third-order valence-electron chi connectivity index (χ3n) is 3.35. The Morgan fingerprint density at radius 1 is 1.25 bits per heavy atom. The van der Waals surface area contributed by atoms with E-state index < -0.39 is 17.2 Å². The molecule has 0 aliphatic carbocycles. The van der Waals surface area contributed by atoms with Gasteiger partial charge in [-0.3, -0.25) is 0 Å². The van der Waals surface area contributed by atoms with Crippen LogP contribution in [0, 0.1) is 0 Å². The molecule has 1 unspecified atom stereocenters. The minimum Gasteiger partial charge on any atom is -0.445 e. The smallest absolute Gasteiger partial charge is 0.408 e. The Balaban J connectivity index is 2.69. The van der Waals surface area contributed by atoms with Crippen LogP contribution >= 0.6 is 0 Å². The van der Waals surface area contributed by atoms with Crippen LogP contribution in [-0.4, -0.2) is 30.1 Å². The van der Waals surface area contributed by atoms with Gasteiger partial charge in [0.15, 0.2) is 0 Å². The summed E-state index contributed by atoms with van der Waals surface area (Å²) in [5.41, 5.74) is -0.672. The molecule has 1 aromatic carbocycles. The summed E-state index contributed by atoms with van der Waals surface area (Å²) in [6.45, 7) is 9.56. The van der Waals surface area contributed by atoms with Gasteiger partial charge in [-0.25, -0.2) is 4.79 Å². The van der Waals surface area contributed by atoms with Gasteiger partial charge in [-0.1, -0.05) is 36.4 Å². The number of hydrogen-bond donors (Lipinski definition) is 1. The number of aldehydes is 1. The molecule has 1 amide bonds. The van der Waals surface area contributed by atoms with Crippen molar-refractivity contribution in [1.29, 1.82) is 0 Å². The molecule has 5 heteroatoms. The van der Waals surface area contributed by atoms with Crippen LogP contribution in [0.15, 0.2) is 43.0 Å². The molecule has 0 bridgehead atoms. The molecule has 0 fully saturated rings. The highest BCUT2D eigenvalue weighted by atomic mass is 16.5. The zero-order valence-electron chi connectivity index (χ0n) is 14.7. The lowest BCUT2D eigenvalue weighted by molar-refractivity contribution is -0.119. The van der Waals surface area contributed by atoms with E-state index in [1.165, 1.54) is 0 Å². The van der Waals surface area contributed by atoms with Gasteiger partial charge >= 0.3 is 6.09 Å². The fourth-order valence-electron chi connectivity index (χ4n) is 1.96. The molecule has 5 nitrogen and oxygen atoms in total. The number of ether oxygens (including phenoxy) is 2. The van der Waals surface area contributed by atoms with E-state index in [0.29, 0.717) is 19.1 Å². The van der Waals surface area contributed by atoms with Crippen LogP contribution in [0.2, 0.25) is 0 Å². The van der Waals surface area contributed by atoms with Crippen LogP contribution in [0.4, 0.5) is 4.79 Å². The first kappa shape index (κ1) is 19.9. The standard InChI is InChI=1S/C19H27NO4/c1-5-6-12-19(14-21,15-24-18(2,3)4)20-17(22)23-13-16-10-8-7-9-11-16/h5,7-11,14H,1,6,12-13,15H2,2-4H3,(H,20,22). The van der Waals surface area contributed by atoms with E-state index in [1.54, 1.807) is 6.08 Å². The van der Waals surface area contributed by atoms with Crippen LogP contribution in [0.3, 0.4) is 0 Å². The maximum atomic E-state index is 12.1. The first-order valence-electron chi connectivity index (χ1n) is 8.00. The Morgan fingerprint density at radius 2 is 1.92 bits per heavy atom. The number of benzene rings is 1. The summed E-state index contributed by atoms with van der Waals surface area (Å²) in [5, 5.41) is 2.66. The zero-order chi connectivity index (χ0) is 18.1. The number of rotatable bonds is 9. The summed E-state index contributed by atoms with van der Waals surface area (Å²) >= 11 is 0. The highest BCUT2D eigenvalue weighted by Gasteiger charge is 2.33. The van der Waals surface area contributed by atoms with Crippen molar-refractivity contribution in [2.45, 2.75) is 51.4 Å².